The zero-order valence-corrected chi connectivity index (χ0v) is 34.2. The lowest BCUT2D eigenvalue weighted by Gasteiger charge is -2.48. The number of nitrogens with zero attached hydrogens (tertiary/aromatic N) is 1. The van der Waals surface area contributed by atoms with Crippen LogP contribution in [0.2, 0.25) is 0 Å². The van der Waals surface area contributed by atoms with Gasteiger partial charge in [-0.3, -0.25) is 24.0 Å². The minimum Gasteiger partial charge on any atom is -0.462 e. The molecule has 0 radical (unpaired) electrons. The largest absolute Gasteiger partial charge is 0.462 e. The van der Waals surface area contributed by atoms with Crippen LogP contribution >= 0.6 is 0 Å². The van der Waals surface area contributed by atoms with Crippen molar-refractivity contribution in [1.82, 2.24) is 15.7 Å². The molecule has 5 aliphatic rings. The van der Waals surface area contributed by atoms with Gasteiger partial charge in [0.1, 0.15) is 48.8 Å². The van der Waals surface area contributed by atoms with Gasteiger partial charge in [0.2, 0.25) is 12.0 Å². The number of aliphatic hydroxyl groups is 1. The summed E-state index contributed by atoms with van der Waals surface area (Å²) in [5.74, 6) is -3.25. The highest BCUT2D eigenvalue weighted by atomic mass is 16.8. The summed E-state index contributed by atoms with van der Waals surface area (Å²) in [6, 6.07) is 11.9. The molecule has 5 fully saturated rings. The van der Waals surface area contributed by atoms with Gasteiger partial charge in [-0.05, 0) is 62.1 Å². The zero-order chi connectivity index (χ0) is 43.0. The lowest BCUT2D eigenvalue weighted by Crippen LogP contribution is -2.69. The maximum atomic E-state index is 14.5. The van der Waals surface area contributed by atoms with Gasteiger partial charge in [0.25, 0.3) is 5.91 Å². The van der Waals surface area contributed by atoms with E-state index >= 15 is 0 Å². The third kappa shape index (κ3) is 8.95. The molecule has 0 spiro atoms. The van der Waals surface area contributed by atoms with Gasteiger partial charge in [0.15, 0.2) is 6.04 Å². The van der Waals surface area contributed by atoms with Gasteiger partial charge < -0.3 is 44.2 Å². The quantitative estimate of drug-likeness (QED) is 0.142. The van der Waals surface area contributed by atoms with Crippen LogP contribution in [0.3, 0.4) is 0 Å². The number of benzene rings is 2. The summed E-state index contributed by atoms with van der Waals surface area (Å²) in [6.07, 6.45) is -0.826. The summed E-state index contributed by atoms with van der Waals surface area (Å²) in [6.45, 7) is 8.68. The Morgan fingerprint density at radius 1 is 1.02 bits per heavy atom. The molecule has 1 saturated carbocycles. The van der Waals surface area contributed by atoms with E-state index in [0.29, 0.717) is 11.1 Å². The average Bonchev–Trinajstić information content (AvgIpc) is 3.90. The van der Waals surface area contributed by atoms with Gasteiger partial charge >= 0.3 is 23.9 Å². The lowest BCUT2D eigenvalue weighted by atomic mass is 9.62. The molecule has 8 unspecified atom stereocenters. The van der Waals surface area contributed by atoms with Crippen LogP contribution in [0.4, 0.5) is 0 Å². The van der Waals surface area contributed by atoms with Crippen LogP contribution < -0.4 is 10.6 Å². The summed E-state index contributed by atoms with van der Waals surface area (Å²) in [4.78, 5) is 84.7. The zero-order valence-electron chi connectivity index (χ0n) is 34.2. The summed E-state index contributed by atoms with van der Waals surface area (Å²) in [5.41, 5.74) is -0.407. The van der Waals surface area contributed by atoms with E-state index in [-0.39, 0.29) is 57.9 Å². The molecule has 4 aliphatic heterocycles. The number of esters is 4. The average molecular weight is 834 g/mol. The molecule has 2 aromatic carbocycles. The van der Waals surface area contributed by atoms with Crippen molar-refractivity contribution >= 4 is 41.8 Å². The number of amides is 2. The summed E-state index contributed by atoms with van der Waals surface area (Å²) in [7, 11) is 0. The normalized spacial score (nSPS) is 28.4. The standard InChI is InChI=1S/C43H51N3O14/c1-41(2,3)59-31(49)16-14-28(21-47)45-37(50)27-8-6-7-26(17-27)19-44-40(53)43-18-29-32-33(56-23-55-32)35(43)60-46(34(43)38(51)57-29)20-25-11-9-24(10-12-25)13-15-30(48)58-36-39(52)54-22-42(36,4)5/h6-13,15,17,28-29,32-36,47H,14,16,18-23H2,1-5H3,(H,44,53)(H,45,50). The molecule has 2 aromatic rings. The molecule has 4 saturated heterocycles. The predicted octanol–water partition coefficient (Wildman–Crippen LogP) is 2.27. The van der Waals surface area contributed by atoms with Crippen molar-refractivity contribution in [3.63, 3.8) is 0 Å². The molecule has 60 heavy (non-hydrogen) atoms. The second-order valence-corrected chi connectivity index (χ2v) is 17.5. The molecule has 0 aromatic heterocycles. The highest BCUT2D eigenvalue weighted by Crippen LogP contribution is 2.55. The third-order valence-corrected chi connectivity index (χ3v) is 11.3. The van der Waals surface area contributed by atoms with E-state index < -0.39 is 94.7 Å². The maximum Gasteiger partial charge on any atom is 0.348 e. The number of nitrogens with one attached hydrogen (secondary N) is 2. The van der Waals surface area contributed by atoms with Gasteiger partial charge in [-0.15, -0.1) is 0 Å². The molecule has 1 aliphatic carbocycles. The lowest BCUT2D eigenvalue weighted by molar-refractivity contribution is -0.201. The Labute approximate surface area is 346 Å². The molecule has 17 nitrogen and oxygen atoms in total. The van der Waals surface area contributed by atoms with Gasteiger partial charge in [0, 0.05) is 36.4 Å². The van der Waals surface area contributed by atoms with Gasteiger partial charge in [0.05, 0.1) is 19.2 Å². The number of carbonyl (C=O) groups is 6. The fraction of sp³-hybridized carbons (Fsp3) is 0.535. The topological polar surface area (TPSA) is 215 Å². The SMILES string of the molecule is CC(C)(C)OC(=O)CCC(CO)NC(=O)c1cccc(CNC(=O)C23CC4OC(=O)C2N(Cc2ccc(C=CC(=O)OC5C(=O)OCC5(C)C)cc2)OC3C2OCOC42)c1. The molecule has 2 bridgehead atoms. The Hall–Kier alpha value is -5.20. The summed E-state index contributed by atoms with van der Waals surface area (Å²) < 4.78 is 33.3. The van der Waals surface area contributed by atoms with E-state index in [1.807, 2.05) is 0 Å². The van der Waals surface area contributed by atoms with Crippen LogP contribution in [0.5, 0.6) is 0 Å². The van der Waals surface area contributed by atoms with Crippen LogP contribution in [0.1, 0.15) is 80.9 Å². The Morgan fingerprint density at radius 3 is 2.47 bits per heavy atom. The van der Waals surface area contributed by atoms with E-state index in [1.165, 1.54) is 11.1 Å². The predicted molar refractivity (Wildman–Crippen MR) is 208 cm³/mol. The summed E-state index contributed by atoms with van der Waals surface area (Å²) >= 11 is 0. The van der Waals surface area contributed by atoms with Crippen LogP contribution in [-0.4, -0.2) is 114 Å². The first kappa shape index (κ1) is 42.9. The van der Waals surface area contributed by atoms with E-state index in [1.54, 1.807) is 89.2 Å². The maximum absolute atomic E-state index is 14.5. The Morgan fingerprint density at radius 2 is 1.77 bits per heavy atom. The number of aliphatic hydroxyl groups excluding tert-OH is 1. The van der Waals surface area contributed by atoms with Gasteiger partial charge in [-0.2, -0.15) is 5.06 Å². The first-order valence-corrected chi connectivity index (χ1v) is 20.0. The number of ether oxygens (including phenoxy) is 6. The first-order chi connectivity index (χ1) is 28.5. The molecular formula is C43H51N3O14. The number of hydrogen-bond acceptors (Lipinski definition) is 15. The number of hydrogen-bond donors (Lipinski definition) is 3. The Balaban J connectivity index is 1.01. The third-order valence-electron chi connectivity index (χ3n) is 11.3. The smallest absolute Gasteiger partial charge is 0.348 e. The fourth-order valence-electron chi connectivity index (χ4n) is 8.33. The first-order valence-electron chi connectivity index (χ1n) is 20.0. The second-order valence-electron chi connectivity index (χ2n) is 17.5. The summed E-state index contributed by atoms with van der Waals surface area (Å²) in [5, 5.41) is 17.1. The van der Waals surface area contributed by atoms with Crippen molar-refractivity contribution in [3.8, 4) is 0 Å². The fourth-order valence-corrected chi connectivity index (χ4v) is 8.33. The molecule has 3 N–H and O–H groups in total. The van der Waals surface area contributed by atoms with Crippen LogP contribution in [-0.2, 0) is 70.3 Å². The van der Waals surface area contributed by atoms with Crippen LogP contribution in [0, 0.1) is 10.8 Å². The van der Waals surface area contributed by atoms with Gasteiger partial charge in [-0.1, -0.05) is 50.2 Å². The minimum absolute atomic E-state index is 0.0118. The van der Waals surface area contributed by atoms with Crippen molar-refractivity contribution < 1.29 is 67.1 Å². The van der Waals surface area contributed by atoms with Crippen molar-refractivity contribution in [2.75, 3.05) is 20.0 Å². The molecule has 8 atom stereocenters. The highest BCUT2D eigenvalue weighted by Gasteiger charge is 2.74. The van der Waals surface area contributed by atoms with Crippen LogP contribution in [0.25, 0.3) is 6.08 Å². The molecular weight excluding hydrogens is 782 g/mol. The van der Waals surface area contributed by atoms with Crippen molar-refractivity contribution in [2.45, 2.75) is 115 Å². The monoisotopic (exact) mass is 833 g/mol. The van der Waals surface area contributed by atoms with Crippen molar-refractivity contribution in [3.05, 3.63) is 76.9 Å². The molecule has 7 rings (SSSR count). The minimum atomic E-state index is -1.41. The van der Waals surface area contributed by atoms with Crippen molar-refractivity contribution in [1.29, 1.82) is 0 Å². The molecule has 322 valence electrons. The number of fused-ring (bicyclic) bond motifs is 4. The van der Waals surface area contributed by atoms with E-state index in [2.05, 4.69) is 10.6 Å². The Kier molecular flexibility index (Phi) is 12.2. The molecule has 2 amide bonds. The number of hydroxylamine groups is 2. The number of rotatable bonds is 14. The van der Waals surface area contributed by atoms with E-state index in [9.17, 15) is 33.9 Å². The number of cyclic esters (lactones) is 1. The van der Waals surface area contributed by atoms with E-state index in [4.69, 9.17) is 33.3 Å². The van der Waals surface area contributed by atoms with Crippen LogP contribution in [0.15, 0.2) is 54.6 Å². The van der Waals surface area contributed by atoms with E-state index in [0.717, 1.165) is 5.56 Å². The molecule has 17 heteroatoms. The Bertz CT molecular complexity index is 2030. The highest BCUT2D eigenvalue weighted by molar-refractivity contribution is 5.95. The second kappa shape index (κ2) is 17.0. The van der Waals surface area contributed by atoms with Gasteiger partial charge in [-0.25, -0.2) is 9.59 Å². The van der Waals surface area contributed by atoms with Crippen molar-refractivity contribution in [2.24, 2.45) is 10.8 Å². The molecule has 4 heterocycles. The number of carbonyl (C=O) groups excluding carboxylic acids is 6.